The molecule has 0 saturated heterocycles. The molecule has 0 aromatic heterocycles. The van der Waals surface area contributed by atoms with Gasteiger partial charge in [0, 0.05) is 12.5 Å². The van der Waals surface area contributed by atoms with Crippen LogP contribution >= 0.6 is 27.7 Å². The van der Waals surface area contributed by atoms with Gasteiger partial charge in [-0.25, -0.2) is 4.79 Å². The lowest BCUT2D eigenvalue weighted by Crippen LogP contribution is -2.26. The molecule has 1 heterocycles. The summed E-state index contributed by atoms with van der Waals surface area (Å²) < 4.78 is 12.2. The Balaban J connectivity index is 1.99. The van der Waals surface area contributed by atoms with Crippen molar-refractivity contribution in [2.75, 3.05) is 32.8 Å². The standard InChI is InChI=1S/C18H27BrN2O3S/c1-4-21(5-2)10-7-11-24-15-13(19)9-8-12-14(18(22)23-6-3)17(20)25-16(12)15/h8-9,12,16H,4-7,10-11,20H2,1-3H3. The number of ether oxygens (including phenoxy) is 2. The van der Waals surface area contributed by atoms with Gasteiger partial charge in [-0.3, -0.25) is 0 Å². The van der Waals surface area contributed by atoms with Gasteiger partial charge >= 0.3 is 5.97 Å². The Kier molecular flexibility index (Phi) is 7.90. The molecule has 0 spiro atoms. The highest BCUT2D eigenvalue weighted by atomic mass is 79.9. The number of nitrogens with zero attached hydrogens (tertiary/aromatic N) is 1. The first-order valence-electron chi connectivity index (χ1n) is 8.79. The van der Waals surface area contributed by atoms with E-state index in [1.54, 1.807) is 6.92 Å². The van der Waals surface area contributed by atoms with Crippen LogP contribution in [0.25, 0.3) is 0 Å². The van der Waals surface area contributed by atoms with Crippen LogP contribution in [0.3, 0.4) is 0 Å². The summed E-state index contributed by atoms with van der Waals surface area (Å²) in [5, 5.41) is 0.525. The molecule has 0 aromatic carbocycles. The normalized spacial score (nSPS) is 22.6. The molecule has 140 valence electrons. The monoisotopic (exact) mass is 430 g/mol. The minimum Gasteiger partial charge on any atom is -0.495 e. The molecule has 7 heteroatoms. The predicted octanol–water partition coefficient (Wildman–Crippen LogP) is 3.38. The molecule has 0 bridgehead atoms. The number of esters is 1. The van der Waals surface area contributed by atoms with Crippen molar-refractivity contribution in [2.45, 2.75) is 32.4 Å². The summed E-state index contributed by atoms with van der Waals surface area (Å²) in [5.74, 6) is 0.436. The van der Waals surface area contributed by atoms with E-state index in [2.05, 4.69) is 34.7 Å². The van der Waals surface area contributed by atoms with Crippen LogP contribution in [0.15, 0.2) is 33.0 Å². The van der Waals surface area contributed by atoms with Crippen LogP contribution in [0.5, 0.6) is 0 Å². The van der Waals surface area contributed by atoms with Crippen LogP contribution < -0.4 is 5.73 Å². The molecule has 5 nitrogen and oxygen atoms in total. The number of halogens is 1. The van der Waals surface area contributed by atoms with Crippen molar-refractivity contribution in [3.8, 4) is 0 Å². The van der Waals surface area contributed by atoms with Crippen molar-refractivity contribution in [1.29, 1.82) is 0 Å². The van der Waals surface area contributed by atoms with Crippen molar-refractivity contribution in [1.82, 2.24) is 4.90 Å². The van der Waals surface area contributed by atoms with Crippen molar-refractivity contribution in [3.63, 3.8) is 0 Å². The summed E-state index contributed by atoms with van der Waals surface area (Å²) in [6, 6.07) is 0. The molecule has 2 atom stereocenters. The molecule has 0 amide bonds. The fourth-order valence-electron chi connectivity index (χ4n) is 3.02. The first kappa shape index (κ1) is 20.4. The second kappa shape index (κ2) is 9.69. The van der Waals surface area contributed by atoms with Crippen LogP contribution in [0, 0.1) is 5.92 Å². The maximum absolute atomic E-state index is 12.2. The molecule has 0 saturated carbocycles. The van der Waals surface area contributed by atoms with Gasteiger partial charge in [0.1, 0.15) is 5.76 Å². The van der Waals surface area contributed by atoms with Gasteiger partial charge in [0.15, 0.2) is 0 Å². The molecular weight excluding hydrogens is 404 g/mol. The lowest BCUT2D eigenvalue weighted by atomic mass is 9.91. The number of hydrogen-bond donors (Lipinski definition) is 1. The quantitative estimate of drug-likeness (QED) is 0.446. The van der Waals surface area contributed by atoms with Crippen molar-refractivity contribution < 1.29 is 14.3 Å². The van der Waals surface area contributed by atoms with Gasteiger partial charge in [0.2, 0.25) is 0 Å². The van der Waals surface area contributed by atoms with Crippen molar-refractivity contribution >= 4 is 33.7 Å². The number of thioether (sulfide) groups is 1. The summed E-state index contributed by atoms with van der Waals surface area (Å²) in [6.07, 6.45) is 4.90. The van der Waals surface area contributed by atoms with E-state index >= 15 is 0 Å². The maximum atomic E-state index is 12.2. The molecule has 1 aliphatic carbocycles. The largest absolute Gasteiger partial charge is 0.495 e. The topological polar surface area (TPSA) is 64.8 Å². The van der Waals surface area contributed by atoms with Crippen LogP contribution in [-0.4, -0.2) is 49.0 Å². The molecule has 1 aliphatic heterocycles. The molecule has 2 N–H and O–H groups in total. The summed E-state index contributed by atoms with van der Waals surface area (Å²) in [4.78, 5) is 14.6. The van der Waals surface area contributed by atoms with Gasteiger partial charge in [-0.2, -0.15) is 0 Å². The van der Waals surface area contributed by atoms with E-state index in [0.717, 1.165) is 36.3 Å². The van der Waals surface area contributed by atoms with Gasteiger partial charge in [0.25, 0.3) is 0 Å². The minimum absolute atomic E-state index is 0.00719. The van der Waals surface area contributed by atoms with Crippen LogP contribution in [0.4, 0.5) is 0 Å². The zero-order valence-electron chi connectivity index (χ0n) is 15.1. The predicted molar refractivity (Wildman–Crippen MR) is 106 cm³/mol. The van der Waals surface area contributed by atoms with E-state index in [-0.39, 0.29) is 17.1 Å². The number of allylic oxidation sites excluding steroid dienone is 3. The maximum Gasteiger partial charge on any atom is 0.337 e. The molecule has 0 aromatic rings. The second-order valence-corrected chi connectivity index (χ2v) is 7.90. The lowest BCUT2D eigenvalue weighted by molar-refractivity contribution is -0.139. The van der Waals surface area contributed by atoms with E-state index < -0.39 is 0 Å². The first-order valence-corrected chi connectivity index (χ1v) is 10.5. The number of carbonyl (C=O) groups is 1. The van der Waals surface area contributed by atoms with E-state index in [4.69, 9.17) is 15.2 Å². The van der Waals surface area contributed by atoms with Gasteiger partial charge in [0.05, 0.1) is 33.5 Å². The highest BCUT2D eigenvalue weighted by Crippen LogP contribution is 2.48. The van der Waals surface area contributed by atoms with E-state index in [1.165, 1.54) is 11.8 Å². The van der Waals surface area contributed by atoms with Gasteiger partial charge in [-0.1, -0.05) is 31.7 Å². The number of carbonyl (C=O) groups excluding carboxylic acids is 1. The fourth-order valence-corrected chi connectivity index (χ4v) is 4.98. The Bertz CT molecular complexity index is 585. The van der Waals surface area contributed by atoms with E-state index in [9.17, 15) is 4.79 Å². The number of rotatable bonds is 9. The third kappa shape index (κ3) is 4.83. The van der Waals surface area contributed by atoms with Crippen LogP contribution in [0.1, 0.15) is 27.2 Å². The Morgan fingerprint density at radius 3 is 2.72 bits per heavy atom. The fraction of sp³-hybridized carbons (Fsp3) is 0.611. The van der Waals surface area contributed by atoms with Gasteiger partial charge < -0.3 is 20.1 Å². The number of fused-ring (bicyclic) bond motifs is 1. The summed E-state index contributed by atoms with van der Waals surface area (Å²) in [6.45, 7) is 10.2. The van der Waals surface area contributed by atoms with E-state index in [1.807, 2.05) is 12.2 Å². The van der Waals surface area contributed by atoms with Crippen molar-refractivity contribution in [3.05, 3.63) is 33.0 Å². The second-order valence-electron chi connectivity index (χ2n) is 5.86. The molecular formula is C18H27BrN2O3S. The molecule has 25 heavy (non-hydrogen) atoms. The zero-order valence-corrected chi connectivity index (χ0v) is 17.5. The lowest BCUT2D eigenvalue weighted by Gasteiger charge is -2.26. The Labute approximate surface area is 162 Å². The smallest absolute Gasteiger partial charge is 0.337 e. The average Bonchev–Trinajstić information content (AvgIpc) is 2.93. The molecule has 2 aliphatic rings. The average molecular weight is 431 g/mol. The van der Waals surface area contributed by atoms with Crippen LogP contribution in [-0.2, 0) is 14.3 Å². The van der Waals surface area contributed by atoms with Crippen LogP contribution in [0.2, 0.25) is 0 Å². The third-order valence-corrected chi connectivity index (χ3v) is 6.28. The highest BCUT2D eigenvalue weighted by molar-refractivity contribution is 9.11. The molecule has 2 rings (SSSR count). The Morgan fingerprint density at radius 2 is 2.08 bits per heavy atom. The van der Waals surface area contributed by atoms with Gasteiger partial charge in [-0.15, -0.1) is 0 Å². The number of nitrogens with two attached hydrogens (primary N) is 1. The van der Waals surface area contributed by atoms with Crippen molar-refractivity contribution in [2.24, 2.45) is 11.7 Å². The third-order valence-electron chi connectivity index (χ3n) is 4.39. The molecule has 0 fully saturated rings. The molecule has 0 radical (unpaired) electrons. The highest BCUT2D eigenvalue weighted by Gasteiger charge is 2.42. The summed E-state index contributed by atoms with van der Waals surface area (Å²) in [7, 11) is 0. The summed E-state index contributed by atoms with van der Waals surface area (Å²) in [5.41, 5.74) is 6.67. The zero-order chi connectivity index (χ0) is 18.4. The van der Waals surface area contributed by atoms with Gasteiger partial charge in [-0.05, 0) is 48.4 Å². The van der Waals surface area contributed by atoms with E-state index in [0.29, 0.717) is 23.8 Å². The molecule has 2 unspecified atom stereocenters. The SMILES string of the molecule is CCOC(=O)C1=C(N)SC2C(OCCCN(CC)CC)=C(Br)C=CC12. The number of hydrogen-bond acceptors (Lipinski definition) is 6. The Morgan fingerprint density at radius 1 is 1.36 bits per heavy atom. The first-order chi connectivity index (χ1) is 12.0. The minimum atomic E-state index is -0.330. The Hall–Kier alpha value is -0.920. The summed E-state index contributed by atoms with van der Waals surface area (Å²) >= 11 is 5.05.